The lowest BCUT2D eigenvalue weighted by molar-refractivity contribution is -0.134. The number of rotatable bonds is 5. The first-order valence-corrected chi connectivity index (χ1v) is 8.88. The number of carbonyl (C=O) groups is 2. The van der Waals surface area contributed by atoms with Gasteiger partial charge in [0.05, 0.1) is 11.2 Å². The molecule has 1 unspecified atom stereocenters. The van der Waals surface area contributed by atoms with Crippen molar-refractivity contribution in [2.75, 3.05) is 18.0 Å². The van der Waals surface area contributed by atoms with E-state index in [9.17, 15) is 9.59 Å². The van der Waals surface area contributed by atoms with Crippen molar-refractivity contribution in [2.45, 2.75) is 19.4 Å². The Morgan fingerprint density at radius 1 is 1.42 bits per heavy atom. The van der Waals surface area contributed by atoms with Crippen LogP contribution in [0.1, 0.15) is 19.0 Å². The molecule has 124 valence electrons. The molecule has 0 radical (unpaired) electrons. The van der Waals surface area contributed by atoms with Crippen molar-refractivity contribution in [3.8, 4) is 0 Å². The lowest BCUT2D eigenvalue weighted by Crippen LogP contribution is -2.44. The van der Waals surface area contributed by atoms with Crippen LogP contribution in [0.25, 0.3) is 6.08 Å². The zero-order valence-electron chi connectivity index (χ0n) is 13.5. The summed E-state index contributed by atoms with van der Waals surface area (Å²) >= 11 is 1.48. The summed E-state index contributed by atoms with van der Waals surface area (Å²) in [6, 6.07) is 9.18. The van der Waals surface area contributed by atoms with E-state index in [1.165, 1.54) is 17.4 Å². The van der Waals surface area contributed by atoms with Gasteiger partial charge in [0.1, 0.15) is 6.04 Å². The van der Waals surface area contributed by atoms with E-state index < -0.39 is 6.04 Å². The first-order valence-electron chi connectivity index (χ1n) is 7.94. The molecule has 2 amide bonds. The summed E-state index contributed by atoms with van der Waals surface area (Å²) in [5.41, 5.74) is 3.36. The fourth-order valence-electron chi connectivity index (χ4n) is 2.90. The smallest absolute Gasteiger partial charge is 0.249 e. The Morgan fingerprint density at radius 2 is 2.21 bits per heavy atom. The highest BCUT2D eigenvalue weighted by Crippen LogP contribution is 2.24. The molecule has 0 aliphatic carbocycles. The normalized spacial score (nSPS) is 17.6. The zero-order valence-corrected chi connectivity index (χ0v) is 14.3. The van der Waals surface area contributed by atoms with Gasteiger partial charge in [-0.3, -0.25) is 9.59 Å². The topological polar surface area (TPSA) is 53.5 Å². The minimum absolute atomic E-state index is 0.0153. The predicted octanol–water partition coefficient (Wildman–Crippen LogP) is 2.81. The van der Waals surface area contributed by atoms with Gasteiger partial charge in [-0.25, -0.2) is 4.98 Å². The van der Waals surface area contributed by atoms with Crippen molar-refractivity contribution in [1.82, 2.24) is 9.88 Å². The Bertz CT molecular complexity index is 728. The van der Waals surface area contributed by atoms with E-state index in [-0.39, 0.29) is 11.8 Å². The van der Waals surface area contributed by atoms with Crippen LogP contribution in [0.15, 0.2) is 47.3 Å². The van der Waals surface area contributed by atoms with Gasteiger partial charge in [0.15, 0.2) is 0 Å². The van der Waals surface area contributed by atoms with E-state index >= 15 is 0 Å². The minimum Gasteiger partial charge on any atom is -0.327 e. The average molecular weight is 341 g/mol. The Balaban J connectivity index is 1.72. The van der Waals surface area contributed by atoms with Crippen LogP contribution >= 0.6 is 11.3 Å². The van der Waals surface area contributed by atoms with E-state index in [0.717, 1.165) is 11.4 Å². The molecule has 1 saturated heterocycles. The maximum Gasteiger partial charge on any atom is 0.249 e. The van der Waals surface area contributed by atoms with E-state index in [1.54, 1.807) is 21.4 Å². The maximum absolute atomic E-state index is 12.7. The molecule has 0 saturated carbocycles. The highest BCUT2D eigenvalue weighted by Gasteiger charge is 2.37. The third-order valence-corrected chi connectivity index (χ3v) is 4.70. The average Bonchev–Trinajstić information content (AvgIpc) is 3.25. The second-order valence-electron chi connectivity index (χ2n) is 5.50. The van der Waals surface area contributed by atoms with Gasteiger partial charge in [-0.05, 0) is 31.6 Å². The van der Waals surface area contributed by atoms with Crippen molar-refractivity contribution in [3.63, 3.8) is 0 Å². The molecule has 1 aromatic carbocycles. The Labute approximate surface area is 145 Å². The quantitative estimate of drug-likeness (QED) is 0.786. The third-order valence-electron chi connectivity index (χ3n) is 4.09. The number of amides is 2. The van der Waals surface area contributed by atoms with E-state index in [0.29, 0.717) is 19.5 Å². The van der Waals surface area contributed by atoms with Gasteiger partial charge in [0.2, 0.25) is 11.8 Å². The first kappa shape index (κ1) is 16.4. The Kier molecular flexibility index (Phi) is 5.05. The van der Waals surface area contributed by atoms with Crippen LogP contribution in [-0.2, 0) is 9.59 Å². The number of aromatic nitrogens is 1. The summed E-state index contributed by atoms with van der Waals surface area (Å²) in [5, 5.41) is 1.87. The summed E-state index contributed by atoms with van der Waals surface area (Å²) in [7, 11) is 0. The molecule has 2 heterocycles. The molecule has 1 fully saturated rings. The van der Waals surface area contributed by atoms with Crippen LogP contribution in [0.5, 0.6) is 0 Å². The monoisotopic (exact) mass is 341 g/mol. The lowest BCUT2D eigenvalue weighted by atomic mass is 10.2. The maximum atomic E-state index is 12.7. The fraction of sp³-hybridized carbons (Fsp3) is 0.278. The van der Waals surface area contributed by atoms with E-state index in [1.807, 2.05) is 42.6 Å². The van der Waals surface area contributed by atoms with Crippen molar-refractivity contribution >= 4 is 34.9 Å². The fourth-order valence-corrected chi connectivity index (χ4v) is 3.43. The highest BCUT2D eigenvalue weighted by atomic mass is 32.1. The number of hydrogen-bond acceptors (Lipinski definition) is 4. The number of hydrogen-bond donors (Lipinski definition) is 0. The summed E-state index contributed by atoms with van der Waals surface area (Å²) < 4.78 is 0. The van der Waals surface area contributed by atoms with Crippen molar-refractivity contribution in [1.29, 1.82) is 0 Å². The van der Waals surface area contributed by atoms with Gasteiger partial charge in [-0.2, -0.15) is 0 Å². The lowest BCUT2D eigenvalue weighted by Gasteiger charge is -2.25. The van der Waals surface area contributed by atoms with Crippen LogP contribution < -0.4 is 4.90 Å². The second kappa shape index (κ2) is 7.40. The number of anilines is 1. The molecule has 1 aromatic heterocycles. The molecule has 0 bridgehead atoms. The molecule has 2 aromatic rings. The zero-order chi connectivity index (χ0) is 16.9. The largest absolute Gasteiger partial charge is 0.327 e. The van der Waals surface area contributed by atoms with Crippen molar-refractivity contribution in [2.24, 2.45) is 0 Å². The van der Waals surface area contributed by atoms with Crippen LogP contribution in [-0.4, -0.2) is 40.8 Å². The molecule has 1 atom stereocenters. The molecule has 1 aliphatic rings. The molecule has 24 heavy (non-hydrogen) atoms. The Hall–Kier alpha value is -2.47. The second-order valence-corrected chi connectivity index (χ2v) is 6.22. The number of benzene rings is 1. The van der Waals surface area contributed by atoms with Gasteiger partial charge in [0, 0.05) is 30.2 Å². The molecule has 3 rings (SSSR count). The van der Waals surface area contributed by atoms with Gasteiger partial charge in [-0.1, -0.05) is 18.2 Å². The van der Waals surface area contributed by atoms with Gasteiger partial charge in [-0.15, -0.1) is 11.3 Å². The Morgan fingerprint density at radius 3 is 2.88 bits per heavy atom. The van der Waals surface area contributed by atoms with E-state index in [4.69, 9.17) is 0 Å². The summed E-state index contributed by atoms with van der Waals surface area (Å²) in [6.07, 6.45) is 3.84. The van der Waals surface area contributed by atoms with Gasteiger partial charge in [0.25, 0.3) is 0 Å². The van der Waals surface area contributed by atoms with E-state index in [2.05, 4.69) is 4.98 Å². The molecular formula is C18H19N3O2S. The van der Waals surface area contributed by atoms with Gasteiger partial charge < -0.3 is 9.80 Å². The number of para-hydroxylation sites is 1. The molecule has 1 aliphatic heterocycles. The molecule has 0 spiro atoms. The number of thiazole rings is 1. The van der Waals surface area contributed by atoms with Crippen LogP contribution in [0.2, 0.25) is 0 Å². The highest BCUT2D eigenvalue weighted by molar-refractivity contribution is 7.07. The van der Waals surface area contributed by atoms with Crippen molar-refractivity contribution in [3.05, 3.63) is 53.0 Å². The number of carbonyl (C=O) groups excluding carboxylic acids is 2. The summed E-state index contributed by atoms with van der Waals surface area (Å²) in [4.78, 5) is 32.7. The number of likely N-dealkylation sites (N-methyl/N-ethyl adjacent to an activating group) is 1. The standard InChI is InChI=1S/C18H19N3O2S/c1-2-20(17(22)9-8-14-12-24-13-19-14)16-10-11-21(18(16)23)15-6-4-3-5-7-15/h3-9,12-13,16H,2,10-11H2,1H3. The summed E-state index contributed by atoms with van der Waals surface area (Å²) in [6.45, 7) is 3.03. The van der Waals surface area contributed by atoms with Crippen LogP contribution in [0, 0.1) is 0 Å². The third kappa shape index (κ3) is 3.38. The predicted molar refractivity (Wildman–Crippen MR) is 95.7 cm³/mol. The van der Waals surface area contributed by atoms with Crippen molar-refractivity contribution < 1.29 is 9.59 Å². The number of nitrogens with zero attached hydrogens (tertiary/aromatic N) is 3. The van der Waals surface area contributed by atoms with Gasteiger partial charge >= 0.3 is 0 Å². The summed E-state index contributed by atoms with van der Waals surface area (Å²) in [5.74, 6) is -0.169. The first-order chi connectivity index (χ1) is 11.7. The molecule has 0 N–H and O–H groups in total. The van der Waals surface area contributed by atoms with Crippen LogP contribution in [0.3, 0.4) is 0 Å². The van der Waals surface area contributed by atoms with Crippen LogP contribution in [0.4, 0.5) is 5.69 Å². The minimum atomic E-state index is -0.400. The molecule has 6 heteroatoms. The molecular weight excluding hydrogens is 322 g/mol. The SMILES string of the molecule is CCN(C(=O)C=Cc1cscn1)C1CCN(c2ccccc2)C1=O. The molecule has 5 nitrogen and oxygen atoms in total.